The number of carbonyl (C=O) groups is 4. The number of hydrogen-bond donors (Lipinski definition) is 3. The maximum atomic E-state index is 12.6. The van der Waals surface area contributed by atoms with Crippen LogP contribution in [0.5, 0.6) is 0 Å². The Balaban J connectivity index is 2.60. The molecule has 178 valence electrons. The number of hydrogen-bond acceptors (Lipinski definition) is 6. The summed E-state index contributed by atoms with van der Waals surface area (Å²) in [6, 6.07) is 4.91. The molecule has 0 radical (unpaired) electrons. The second-order valence-electron chi connectivity index (χ2n) is 7.63. The molecule has 0 aliphatic carbocycles. The third-order valence-electron chi connectivity index (χ3n) is 4.52. The maximum absolute atomic E-state index is 12.6. The predicted octanol–water partition coefficient (Wildman–Crippen LogP) is 2.40. The highest BCUT2D eigenvalue weighted by molar-refractivity contribution is 7.98. The van der Waals surface area contributed by atoms with Crippen molar-refractivity contribution in [1.82, 2.24) is 16.0 Å². The Labute approximate surface area is 198 Å². The average molecular weight is 486 g/mol. The zero-order valence-corrected chi connectivity index (χ0v) is 20.5. The van der Waals surface area contributed by atoms with Crippen LogP contribution >= 0.6 is 23.4 Å². The van der Waals surface area contributed by atoms with E-state index in [9.17, 15) is 19.2 Å². The molecule has 3 N–H and O–H groups in total. The quantitative estimate of drug-likeness (QED) is 0.370. The van der Waals surface area contributed by atoms with E-state index in [1.165, 1.54) is 7.11 Å². The lowest BCUT2D eigenvalue weighted by molar-refractivity contribution is -0.145. The average Bonchev–Trinajstić information content (AvgIpc) is 2.75. The fourth-order valence-electron chi connectivity index (χ4n) is 2.86. The summed E-state index contributed by atoms with van der Waals surface area (Å²) in [5, 5.41) is 8.58. The molecule has 0 fully saturated rings. The Hall–Kier alpha value is -2.26. The Bertz CT molecular complexity index is 773. The Morgan fingerprint density at radius 2 is 1.72 bits per heavy atom. The molecule has 0 saturated heterocycles. The van der Waals surface area contributed by atoms with Crippen LogP contribution in [0.25, 0.3) is 0 Å². The minimum atomic E-state index is -0.745. The van der Waals surface area contributed by atoms with Crippen LogP contribution < -0.4 is 16.0 Å². The van der Waals surface area contributed by atoms with Crippen LogP contribution in [0.1, 0.15) is 43.5 Å². The molecule has 2 atom stereocenters. The Kier molecular flexibility index (Phi) is 12.8. The first kappa shape index (κ1) is 27.8. The third kappa shape index (κ3) is 10.4. The lowest BCUT2D eigenvalue weighted by Crippen LogP contribution is -2.48. The summed E-state index contributed by atoms with van der Waals surface area (Å²) in [6.45, 7) is 3.97. The van der Waals surface area contributed by atoms with E-state index in [2.05, 4.69) is 16.0 Å². The van der Waals surface area contributed by atoms with Crippen LogP contribution in [0.15, 0.2) is 24.3 Å². The van der Waals surface area contributed by atoms with Crippen molar-refractivity contribution in [2.45, 2.75) is 45.2 Å². The topological polar surface area (TPSA) is 114 Å². The zero-order chi connectivity index (χ0) is 24.1. The molecular formula is C22H32ClN3O5S. The molecule has 1 aromatic rings. The fraction of sp³-hybridized carbons (Fsp3) is 0.545. The van der Waals surface area contributed by atoms with Gasteiger partial charge in [-0.3, -0.25) is 14.4 Å². The van der Waals surface area contributed by atoms with Crippen LogP contribution in [0, 0.1) is 5.92 Å². The van der Waals surface area contributed by atoms with Crippen molar-refractivity contribution in [2.75, 3.05) is 25.7 Å². The van der Waals surface area contributed by atoms with Gasteiger partial charge in [-0.15, -0.1) is 0 Å². The van der Waals surface area contributed by atoms with Crippen LogP contribution in [-0.2, 0) is 19.1 Å². The monoisotopic (exact) mass is 485 g/mol. The van der Waals surface area contributed by atoms with Gasteiger partial charge in [-0.1, -0.05) is 25.4 Å². The normalized spacial score (nSPS) is 12.6. The number of halogens is 1. The minimum Gasteiger partial charge on any atom is -0.467 e. The third-order valence-corrected chi connectivity index (χ3v) is 5.41. The summed E-state index contributed by atoms with van der Waals surface area (Å²) in [5.74, 6) is -0.765. The molecule has 8 nitrogen and oxygen atoms in total. The number of ether oxygens (including phenoxy) is 1. The van der Waals surface area contributed by atoms with E-state index in [1.54, 1.807) is 36.0 Å². The van der Waals surface area contributed by atoms with E-state index < -0.39 is 18.1 Å². The number of thioether (sulfide) groups is 1. The first-order chi connectivity index (χ1) is 15.2. The molecular weight excluding hydrogens is 454 g/mol. The fourth-order valence-corrected chi connectivity index (χ4v) is 3.46. The Morgan fingerprint density at radius 1 is 1.06 bits per heavy atom. The van der Waals surface area contributed by atoms with Crippen molar-refractivity contribution in [1.29, 1.82) is 0 Å². The SMILES string of the molecule is COC(=O)[C@@H](CCSC)NC(=O)CCNC(=O)[C@@H](CC(C)C)NC(=O)c1ccc(Cl)cc1. The molecule has 0 aliphatic rings. The molecule has 3 amide bonds. The standard InChI is InChI=1S/C22H32ClN3O5S/c1-14(2)13-18(26-20(28)15-5-7-16(23)8-6-15)21(29)24-11-9-19(27)25-17(10-12-32-4)22(30)31-3/h5-8,14,17-18H,9-13H2,1-4H3,(H,24,29)(H,25,27)(H,26,28)/t17-,18-/m1/s1. The van der Waals surface area contributed by atoms with Gasteiger partial charge in [-0.05, 0) is 55.0 Å². The van der Waals surface area contributed by atoms with Crippen LogP contribution in [0.2, 0.25) is 5.02 Å². The van der Waals surface area contributed by atoms with E-state index in [0.717, 1.165) is 0 Å². The first-order valence-corrected chi connectivity index (χ1v) is 12.1. The number of esters is 1. The summed E-state index contributed by atoms with van der Waals surface area (Å²) in [7, 11) is 1.27. The zero-order valence-electron chi connectivity index (χ0n) is 18.9. The molecule has 1 aromatic carbocycles. The molecule has 0 aliphatic heterocycles. The van der Waals surface area contributed by atoms with Gasteiger partial charge in [0.05, 0.1) is 7.11 Å². The molecule has 1 rings (SSSR count). The minimum absolute atomic E-state index is 0.00195. The van der Waals surface area contributed by atoms with Crippen molar-refractivity contribution in [3.8, 4) is 0 Å². The molecule has 0 aromatic heterocycles. The molecule has 0 saturated carbocycles. The first-order valence-electron chi connectivity index (χ1n) is 10.4. The van der Waals surface area contributed by atoms with E-state index in [-0.39, 0.29) is 36.6 Å². The van der Waals surface area contributed by atoms with Gasteiger partial charge < -0.3 is 20.7 Å². The summed E-state index contributed by atoms with van der Waals surface area (Å²) < 4.78 is 4.72. The molecule has 0 unspecified atom stereocenters. The number of carbonyl (C=O) groups excluding carboxylic acids is 4. The second kappa shape index (κ2) is 14.7. The van der Waals surface area contributed by atoms with Gasteiger partial charge in [0.15, 0.2) is 0 Å². The van der Waals surface area contributed by atoms with Crippen LogP contribution in [0.3, 0.4) is 0 Å². The van der Waals surface area contributed by atoms with Crippen molar-refractivity contribution in [3.05, 3.63) is 34.9 Å². The highest BCUT2D eigenvalue weighted by Crippen LogP contribution is 2.11. The Morgan fingerprint density at radius 3 is 2.28 bits per heavy atom. The maximum Gasteiger partial charge on any atom is 0.328 e. The summed E-state index contributed by atoms with van der Waals surface area (Å²) in [5.41, 5.74) is 0.398. The smallest absolute Gasteiger partial charge is 0.328 e. The molecule has 10 heteroatoms. The predicted molar refractivity (Wildman–Crippen MR) is 127 cm³/mol. The number of nitrogens with one attached hydrogen (secondary N) is 3. The van der Waals surface area contributed by atoms with Crippen molar-refractivity contribution >= 4 is 47.1 Å². The van der Waals surface area contributed by atoms with Gasteiger partial charge in [0.25, 0.3) is 5.91 Å². The summed E-state index contributed by atoms with van der Waals surface area (Å²) in [6.07, 6.45) is 2.80. The van der Waals surface area contributed by atoms with Crippen molar-refractivity contribution in [2.24, 2.45) is 5.92 Å². The highest BCUT2D eigenvalue weighted by Gasteiger charge is 2.24. The second-order valence-corrected chi connectivity index (χ2v) is 9.05. The van der Waals surface area contributed by atoms with E-state index in [0.29, 0.717) is 29.2 Å². The summed E-state index contributed by atoms with van der Waals surface area (Å²) >= 11 is 7.41. The molecule has 0 bridgehead atoms. The van der Waals surface area contributed by atoms with Crippen LogP contribution in [-0.4, -0.2) is 61.4 Å². The van der Waals surface area contributed by atoms with Gasteiger partial charge >= 0.3 is 5.97 Å². The van der Waals surface area contributed by atoms with E-state index >= 15 is 0 Å². The van der Waals surface area contributed by atoms with E-state index in [4.69, 9.17) is 16.3 Å². The number of rotatable bonds is 13. The van der Waals surface area contributed by atoms with Gasteiger partial charge in [-0.2, -0.15) is 11.8 Å². The van der Waals surface area contributed by atoms with Gasteiger partial charge in [0.1, 0.15) is 12.1 Å². The number of methoxy groups -OCH3 is 1. The number of benzene rings is 1. The lowest BCUT2D eigenvalue weighted by Gasteiger charge is -2.20. The molecule has 32 heavy (non-hydrogen) atoms. The largest absolute Gasteiger partial charge is 0.467 e. The van der Waals surface area contributed by atoms with Gasteiger partial charge in [-0.25, -0.2) is 4.79 Å². The van der Waals surface area contributed by atoms with Gasteiger partial charge in [0, 0.05) is 23.6 Å². The summed E-state index contributed by atoms with van der Waals surface area (Å²) in [4.78, 5) is 49.1. The number of amides is 3. The van der Waals surface area contributed by atoms with Gasteiger partial charge in [0.2, 0.25) is 11.8 Å². The molecule has 0 heterocycles. The van der Waals surface area contributed by atoms with Crippen molar-refractivity contribution < 1.29 is 23.9 Å². The van der Waals surface area contributed by atoms with Crippen LogP contribution in [0.4, 0.5) is 0 Å². The lowest BCUT2D eigenvalue weighted by atomic mass is 10.0. The molecule has 0 spiro atoms. The van der Waals surface area contributed by atoms with Crippen molar-refractivity contribution in [3.63, 3.8) is 0 Å². The van der Waals surface area contributed by atoms with E-state index in [1.807, 2.05) is 20.1 Å². The highest BCUT2D eigenvalue weighted by atomic mass is 35.5.